The maximum Gasteiger partial charge on any atom is 0.373 e. The van der Waals surface area contributed by atoms with Crippen LogP contribution in [0.3, 0.4) is 0 Å². The fourth-order valence-corrected chi connectivity index (χ4v) is 2.39. The van der Waals surface area contributed by atoms with Crippen molar-refractivity contribution in [3.05, 3.63) is 57.7 Å². The molecule has 0 amide bonds. The summed E-state index contributed by atoms with van der Waals surface area (Å²) in [5.41, 5.74) is 0.830. The van der Waals surface area contributed by atoms with Crippen LogP contribution >= 0.6 is 15.9 Å². The molecule has 2 aromatic rings. The minimum Gasteiger partial charge on any atom is -0.463 e. The summed E-state index contributed by atoms with van der Waals surface area (Å²) in [6.07, 6.45) is 0. The van der Waals surface area contributed by atoms with Crippen LogP contribution in [-0.4, -0.2) is 19.6 Å². The van der Waals surface area contributed by atoms with Crippen molar-refractivity contribution < 1.29 is 18.3 Å². The Kier molecular flexibility index (Phi) is 5.14. The molecular formula is C15H15BrFNO3. The lowest BCUT2D eigenvalue weighted by Gasteiger charge is -2.16. The van der Waals surface area contributed by atoms with E-state index in [1.807, 2.05) is 6.92 Å². The van der Waals surface area contributed by atoms with Crippen molar-refractivity contribution in [2.24, 2.45) is 0 Å². The molecule has 0 aliphatic heterocycles. The number of furan rings is 1. The number of ether oxygens (including phenoxy) is 1. The van der Waals surface area contributed by atoms with Gasteiger partial charge in [-0.15, -0.1) is 0 Å². The van der Waals surface area contributed by atoms with E-state index in [2.05, 4.69) is 26.0 Å². The van der Waals surface area contributed by atoms with Gasteiger partial charge in [0.2, 0.25) is 5.76 Å². The summed E-state index contributed by atoms with van der Waals surface area (Å²) >= 11 is 3.17. The number of rotatable bonds is 5. The first kappa shape index (κ1) is 15.7. The van der Waals surface area contributed by atoms with Crippen LogP contribution in [0.25, 0.3) is 0 Å². The largest absolute Gasteiger partial charge is 0.463 e. The van der Waals surface area contributed by atoms with Gasteiger partial charge in [0.25, 0.3) is 0 Å². The first-order chi connectivity index (χ1) is 10.1. The Morgan fingerprint density at radius 1 is 1.43 bits per heavy atom. The highest BCUT2D eigenvalue weighted by molar-refractivity contribution is 9.10. The topological polar surface area (TPSA) is 51.5 Å². The summed E-state index contributed by atoms with van der Waals surface area (Å²) in [6.45, 7) is 2.64. The third kappa shape index (κ3) is 3.51. The molecule has 0 spiro atoms. The molecule has 2 rings (SSSR count). The molecule has 1 unspecified atom stereocenters. The van der Waals surface area contributed by atoms with Gasteiger partial charge in [0, 0.05) is 0 Å². The normalized spacial score (nSPS) is 12.2. The molecule has 0 aliphatic carbocycles. The lowest BCUT2D eigenvalue weighted by atomic mass is 10.0. The number of nitrogens with one attached hydrogen (secondary N) is 1. The first-order valence-electron chi connectivity index (χ1n) is 6.43. The molecule has 0 fully saturated rings. The van der Waals surface area contributed by atoms with Crippen molar-refractivity contribution in [2.45, 2.75) is 13.0 Å². The van der Waals surface area contributed by atoms with Gasteiger partial charge in [-0.1, -0.05) is 13.0 Å². The molecule has 112 valence electrons. The van der Waals surface area contributed by atoms with Gasteiger partial charge < -0.3 is 14.5 Å². The Bertz CT molecular complexity index is 642. The highest BCUT2D eigenvalue weighted by atomic mass is 79.9. The van der Waals surface area contributed by atoms with Gasteiger partial charge in [0.15, 0.2) is 0 Å². The van der Waals surface area contributed by atoms with Gasteiger partial charge in [0.05, 0.1) is 17.6 Å². The SMILES string of the molecule is CCNC(c1ccc(F)c(Br)c1)c1ccc(C(=O)OC)o1. The molecule has 4 nitrogen and oxygen atoms in total. The predicted molar refractivity (Wildman–Crippen MR) is 79.7 cm³/mol. The van der Waals surface area contributed by atoms with Gasteiger partial charge in [0.1, 0.15) is 11.6 Å². The van der Waals surface area contributed by atoms with Crippen LogP contribution in [0.15, 0.2) is 39.2 Å². The predicted octanol–water partition coefficient (Wildman–Crippen LogP) is 3.67. The third-order valence-electron chi connectivity index (χ3n) is 2.98. The average Bonchev–Trinajstić information content (AvgIpc) is 2.96. The summed E-state index contributed by atoms with van der Waals surface area (Å²) in [7, 11) is 1.30. The zero-order valence-electron chi connectivity index (χ0n) is 11.7. The monoisotopic (exact) mass is 355 g/mol. The number of esters is 1. The molecule has 0 radical (unpaired) electrons. The Hall–Kier alpha value is -1.66. The number of methoxy groups -OCH3 is 1. The molecule has 0 saturated heterocycles. The standard InChI is InChI=1S/C15H15BrFNO3/c1-3-18-14(9-4-5-11(17)10(16)8-9)12-6-7-13(21-12)15(19)20-2/h4-8,14,18H,3H2,1-2H3. The number of benzene rings is 1. The quantitative estimate of drug-likeness (QED) is 0.831. The van der Waals surface area contributed by atoms with Crippen LogP contribution in [-0.2, 0) is 4.74 Å². The molecule has 0 saturated carbocycles. The van der Waals surface area contributed by atoms with Crippen molar-refractivity contribution in [3.63, 3.8) is 0 Å². The first-order valence-corrected chi connectivity index (χ1v) is 7.22. The molecule has 1 N–H and O–H groups in total. The van der Waals surface area contributed by atoms with Crippen LogP contribution in [0.5, 0.6) is 0 Å². The lowest BCUT2D eigenvalue weighted by molar-refractivity contribution is 0.0562. The van der Waals surface area contributed by atoms with Crippen LogP contribution in [0.2, 0.25) is 0 Å². The molecule has 1 aromatic carbocycles. The van der Waals surface area contributed by atoms with Crippen LogP contribution < -0.4 is 5.32 Å². The summed E-state index contributed by atoms with van der Waals surface area (Å²) in [4.78, 5) is 11.4. The summed E-state index contributed by atoms with van der Waals surface area (Å²) in [6, 6.07) is 7.73. The van der Waals surface area contributed by atoms with E-state index in [1.54, 1.807) is 24.3 Å². The second-order valence-electron chi connectivity index (χ2n) is 4.36. The van der Waals surface area contributed by atoms with E-state index < -0.39 is 5.97 Å². The van der Waals surface area contributed by atoms with E-state index >= 15 is 0 Å². The van der Waals surface area contributed by atoms with E-state index in [0.29, 0.717) is 16.8 Å². The van der Waals surface area contributed by atoms with Crippen molar-refractivity contribution in [3.8, 4) is 0 Å². The Morgan fingerprint density at radius 3 is 2.81 bits per heavy atom. The van der Waals surface area contributed by atoms with Gasteiger partial charge in [-0.25, -0.2) is 9.18 Å². The van der Waals surface area contributed by atoms with Crippen molar-refractivity contribution in [1.82, 2.24) is 5.32 Å². The highest BCUT2D eigenvalue weighted by Gasteiger charge is 2.20. The van der Waals surface area contributed by atoms with Crippen molar-refractivity contribution in [2.75, 3.05) is 13.7 Å². The average molecular weight is 356 g/mol. The Labute approximate surface area is 130 Å². The van der Waals surface area contributed by atoms with Gasteiger partial charge in [-0.2, -0.15) is 0 Å². The maximum atomic E-state index is 13.4. The number of carbonyl (C=O) groups is 1. The minimum absolute atomic E-state index is 0.136. The van der Waals surface area contributed by atoms with Gasteiger partial charge in [-0.05, 0) is 52.3 Å². The lowest BCUT2D eigenvalue weighted by Crippen LogP contribution is -2.21. The van der Waals surface area contributed by atoms with Crippen LogP contribution in [0.4, 0.5) is 4.39 Å². The van der Waals surface area contributed by atoms with E-state index in [0.717, 1.165) is 5.56 Å². The zero-order chi connectivity index (χ0) is 15.4. The van der Waals surface area contributed by atoms with E-state index in [-0.39, 0.29) is 17.6 Å². The summed E-state index contributed by atoms with van der Waals surface area (Å²) in [5, 5.41) is 3.24. The number of hydrogen-bond donors (Lipinski definition) is 1. The zero-order valence-corrected chi connectivity index (χ0v) is 13.2. The Balaban J connectivity index is 2.36. The van der Waals surface area contributed by atoms with E-state index in [4.69, 9.17) is 4.42 Å². The van der Waals surface area contributed by atoms with Gasteiger partial charge >= 0.3 is 5.97 Å². The summed E-state index contributed by atoms with van der Waals surface area (Å²) < 4.78 is 23.9. The molecule has 1 heterocycles. The molecule has 1 aromatic heterocycles. The number of hydrogen-bond acceptors (Lipinski definition) is 4. The smallest absolute Gasteiger partial charge is 0.373 e. The van der Waals surface area contributed by atoms with Gasteiger partial charge in [-0.3, -0.25) is 0 Å². The second-order valence-corrected chi connectivity index (χ2v) is 5.21. The fraction of sp³-hybridized carbons (Fsp3) is 0.267. The highest BCUT2D eigenvalue weighted by Crippen LogP contribution is 2.27. The van der Waals surface area contributed by atoms with Crippen molar-refractivity contribution >= 4 is 21.9 Å². The summed E-state index contributed by atoms with van der Waals surface area (Å²) in [5.74, 6) is -0.159. The number of carbonyl (C=O) groups excluding carboxylic acids is 1. The molecule has 21 heavy (non-hydrogen) atoms. The van der Waals surface area contributed by atoms with Crippen molar-refractivity contribution in [1.29, 1.82) is 0 Å². The van der Waals surface area contributed by atoms with E-state index in [1.165, 1.54) is 13.2 Å². The third-order valence-corrected chi connectivity index (χ3v) is 3.59. The number of halogens is 2. The van der Waals surface area contributed by atoms with Crippen LogP contribution in [0.1, 0.15) is 34.8 Å². The molecular weight excluding hydrogens is 341 g/mol. The van der Waals surface area contributed by atoms with E-state index in [9.17, 15) is 9.18 Å². The minimum atomic E-state index is -0.531. The molecule has 1 atom stereocenters. The molecule has 0 aliphatic rings. The maximum absolute atomic E-state index is 13.4. The van der Waals surface area contributed by atoms with Crippen LogP contribution in [0, 0.1) is 5.82 Å². The molecule has 6 heteroatoms. The second kappa shape index (κ2) is 6.87. The Morgan fingerprint density at radius 2 is 2.19 bits per heavy atom. The fourth-order valence-electron chi connectivity index (χ4n) is 2.00. The molecule has 0 bridgehead atoms.